The number of aliphatic carboxylic acids is 1. The second kappa shape index (κ2) is 13.4. The summed E-state index contributed by atoms with van der Waals surface area (Å²) in [5.74, 6) is -1.32. The number of carbonyl (C=O) groups excluding carboxylic acids is 2. The Morgan fingerprint density at radius 1 is 0.946 bits per heavy atom. The van der Waals surface area contributed by atoms with E-state index in [1.165, 1.54) is 18.7 Å². The molecule has 0 fully saturated rings. The number of hydrogen-bond acceptors (Lipinski definition) is 5. The van der Waals surface area contributed by atoms with Crippen LogP contribution in [0.1, 0.15) is 23.8 Å². The van der Waals surface area contributed by atoms with Crippen molar-refractivity contribution in [1.29, 1.82) is 0 Å². The Morgan fingerprint density at radius 2 is 1.65 bits per heavy atom. The van der Waals surface area contributed by atoms with E-state index in [2.05, 4.69) is 21.8 Å². The molecule has 2 amide bonds. The van der Waals surface area contributed by atoms with Gasteiger partial charge in [-0.15, -0.1) is 11.8 Å². The van der Waals surface area contributed by atoms with Crippen molar-refractivity contribution < 1.29 is 19.5 Å². The van der Waals surface area contributed by atoms with Gasteiger partial charge in [0.05, 0.1) is 23.7 Å². The van der Waals surface area contributed by atoms with Crippen LogP contribution in [0.15, 0.2) is 78.9 Å². The molecule has 3 N–H and O–H groups in total. The zero-order valence-electron chi connectivity index (χ0n) is 19.7. The summed E-state index contributed by atoms with van der Waals surface area (Å²) in [6, 6.07) is 25.5. The first kappa shape index (κ1) is 28.5. The van der Waals surface area contributed by atoms with Gasteiger partial charge in [0, 0.05) is 24.3 Å². The number of nitrogens with zero attached hydrogens (tertiary/aromatic N) is 2. The number of rotatable bonds is 10. The molecule has 0 unspecified atom stereocenters. The van der Waals surface area contributed by atoms with Gasteiger partial charge < -0.3 is 15.7 Å². The quantitative estimate of drug-likeness (QED) is 0.216. The van der Waals surface area contributed by atoms with Crippen LogP contribution in [0.2, 0.25) is 0 Å². The van der Waals surface area contributed by atoms with E-state index in [9.17, 15) is 19.5 Å². The van der Waals surface area contributed by atoms with Crippen LogP contribution in [0.3, 0.4) is 0 Å². The third kappa shape index (κ3) is 7.69. The zero-order valence-corrected chi connectivity index (χ0v) is 20.5. The first-order valence-corrected chi connectivity index (χ1v) is 12.5. The molecular weight excluding hydrogens is 499 g/mol. The van der Waals surface area contributed by atoms with Gasteiger partial charge in [-0.1, -0.05) is 54.6 Å². The van der Waals surface area contributed by atoms with Gasteiger partial charge in [0.2, 0.25) is 5.91 Å². The number of aromatic nitrogens is 2. The summed E-state index contributed by atoms with van der Waals surface area (Å²) < 4.78 is 1.74. The van der Waals surface area contributed by atoms with E-state index in [0.29, 0.717) is 0 Å². The monoisotopic (exact) mass is 526 g/mol. The molecule has 1 atom stereocenters. The maximum absolute atomic E-state index is 13.0. The van der Waals surface area contributed by atoms with Crippen molar-refractivity contribution in [2.45, 2.75) is 18.6 Å². The molecule has 0 aliphatic heterocycles. The Bertz CT molecular complexity index is 1390. The minimum atomic E-state index is -0.975. The van der Waals surface area contributed by atoms with Gasteiger partial charge in [-0.05, 0) is 35.0 Å². The number of fused-ring (bicyclic) bond motifs is 1. The Morgan fingerprint density at radius 3 is 2.35 bits per heavy atom. The minimum absolute atomic E-state index is 0. The molecular formula is C27H27N4NaO4S. The van der Waals surface area contributed by atoms with Crippen LogP contribution in [-0.4, -0.2) is 79.9 Å². The van der Waals surface area contributed by atoms with Crippen LogP contribution in [0.5, 0.6) is 0 Å². The number of benzene rings is 3. The molecule has 37 heavy (non-hydrogen) atoms. The van der Waals surface area contributed by atoms with Gasteiger partial charge in [-0.3, -0.25) is 14.4 Å². The Balaban J connectivity index is 0.00000380. The van der Waals surface area contributed by atoms with Crippen molar-refractivity contribution >= 4 is 69.9 Å². The van der Waals surface area contributed by atoms with E-state index in [1.807, 2.05) is 66.7 Å². The molecule has 10 heteroatoms. The van der Waals surface area contributed by atoms with Crippen molar-refractivity contribution in [1.82, 2.24) is 20.4 Å². The number of carboxylic acid groups (broad SMARTS) is 1. The summed E-state index contributed by atoms with van der Waals surface area (Å²) in [6.07, 6.45) is -0.147. The maximum atomic E-state index is 13.0. The topological polar surface area (TPSA) is 113 Å². The number of carboxylic acids is 1. The van der Waals surface area contributed by atoms with Gasteiger partial charge in [-0.25, -0.2) is 4.68 Å². The number of thioether (sulfide) groups is 1. The fourth-order valence-electron chi connectivity index (χ4n) is 3.76. The third-order valence-electron chi connectivity index (χ3n) is 5.52. The SMILES string of the molecule is CC(=O)NCS[C@H](CNC(=O)c1cc(-c2ccc3ccccc3c2)n(-c2ccccc2)n1)CC(=O)O.[NaH]. The predicted octanol–water partition coefficient (Wildman–Crippen LogP) is 3.44. The van der Waals surface area contributed by atoms with Gasteiger partial charge in [0.25, 0.3) is 5.91 Å². The predicted molar refractivity (Wildman–Crippen MR) is 148 cm³/mol. The molecule has 0 aliphatic carbocycles. The molecule has 0 aliphatic rings. The van der Waals surface area contributed by atoms with E-state index >= 15 is 0 Å². The summed E-state index contributed by atoms with van der Waals surface area (Å²) in [6.45, 7) is 1.52. The summed E-state index contributed by atoms with van der Waals surface area (Å²) >= 11 is 1.27. The molecule has 186 valence electrons. The van der Waals surface area contributed by atoms with Crippen molar-refractivity contribution in [2.75, 3.05) is 12.4 Å². The van der Waals surface area contributed by atoms with E-state index in [1.54, 1.807) is 10.7 Å². The number of carbonyl (C=O) groups is 3. The summed E-state index contributed by atoms with van der Waals surface area (Å²) in [5, 5.41) is 21.0. The Kier molecular flexibility index (Phi) is 10.3. The second-order valence-corrected chi connectivity index (χ2v) is 9.49. The summed E-state index contributed by atoms with van der Waals surface area (Å²) in [4.78, 5) is 35.4. The number of amides is 2. The first-order chi connectivity index (χ1) is 17.4. The van der Waals surface area contributed by atoms with Crippen LogP contribution in [0.25, 0.3) is 27.7 Å². The third-order valence-corrected chi connectivity index (χ3v) is 6.64. The number of hydrogen-bond donors (Lipinski definition) is 3. The number of para-hydroxylation sites is 1. The van der Waals surface area contributed by atoms with Crippen LogP contribution in [-0.2, 0) is 9.59 Å². The van der Waals surface area contributed by atoms with Crippen molar-refractivity contribution in [3.05, 3.63) is 84.6 Å². The fourth-order valence-corrected chi connectivity index (χ4v) is 4.74. The van der Waals surface area contributed by atoms with Crippen LogP contribution < -0.4 is 10.6 Å². The standard InChI is InChI=1S/C27H26N4O4S.Na.H/c1-18(32)29-17-36-23(14-26(33)34)16-28-27(35)24-15-25(31(30-24)22-9-3-2-4-10-22)21-12-11-19-7-5-6-8-20(19)13-21;;/h2-13,15,23H,14,16-17H2,1H3,(H,28,35)(H,29,32)(H,33,34);;/t23-;;/m0../s1. The van der Waals surface area contributed by atoms with Crippen LogP contribution in [0, 0.1) is 0 Å². The average molecular weight is 527 g/mol. The molecule has 0 bridgehead atoms. The average Bonchev–Trinajstić information content (AvgIpc) is 3.32. The number of nitrogens with one attached hydrogen (secondary N) is 2. The molecule has 0 spiro atoms. The van der Waals surface area contributed by atoms with Gasteiger partial charge in [0.1, 0.15) is 0 Å². The normalized spacial score (nSPS) is 11.4. The molecule has 0 saturated heterocycles. The molecule has 4 aromatic rings. The Hall–Kier alpha value is -3.11. The van der Waals surface area contributed by atoms with Crippen LogP contribution >= 0.6 is 11.8 Å². The molecule has 0 radical (unpaired) electrons. The molecule has 4 rings (SSSR count). The molecule has 8 nitrogen and oxygen atoms in total. The fraction of sp³-hybridized carbons (Fsp3) is 0.185. The van der Waals surface area contributed by atoms with E-state index < -0.39 is 17.1 Å². The van der Waals surface area contributed by atoms with E-state index in [0.717, 1.165) is 27.7 Å². The first-order valence-electron chi connectivity index (χ1n) is 11.4. The zero-order chi connectivity index (χ0) is 25.5. The van der Waals surface area contributed by atoms with E-state index in [4.69, 9.17) is 0 Å². The molecule has 1 heterocycles. The van der Waals surface area contributed by atoms with Gasteiger partial charge in [0.15, 0.2) is 5.69 Å². The molecule has 1 aromatic heterocycles. The summed E-state index contributed by atoms with van der Waals surface area (Å²) in [5.41, 5.74) is 2.72. The van der Waals surface area contributed by atoms with Crippen LogP contribution in [0.4, 0.5) is 0 Å². The van der Waals surface area contributed by atoms with E-state index in [-0.39, 0.29) is 60.0 Å². The van der Waals surface area contributed by atoms with Gasteiger partial charge in [-0.2, -0.15) is 5.10 Å². The summed E-state index contributed by atoms with van der Waals surface area (Å²) in [7, 11) is 0. The molecule has 0 saturated carbocycles. The van der Waals surface area contributed by atoms with Crippen molar-refractivity contribution in [2.24, 2.45) is 0 Å². The van der Waals surface area contributed by atoms with Crippen molar-refractivity contribution in [3.8, 4) is 16.9 Å². The second-order valence-electron chi connectivity index (χ2n) is 8.20. The Labute approximate surface area is 241 Å². The van der Waals surface area contributed by atoms with Gasteiger partial charge >= 0.3 is 35.5 Å². The van der Waals surface area contributed by atoms with Crippen molar-refractivity contribution in [3.63, 3.8) is 0 Å². The molecule has 3 aromatic carbocycles.